The maximum Gasteiger partial charge on any atom is 0.315 e. The summed E-state index contributed by atoms with van der Waals surface area (Å²) < 4.78 is 5.55. The van der Waals surface area contributed by atoms with Crippen LogP contribution in [0.15, 0.2) is 70.9 Å². The summed E-state index contributed by atoms with van der Waals surface area (Å²) in [5.41, 5.74) is 5.63. The molecule has 4 rings (SSSR count). The molecule has 0 aromatic heterocycles. The summed E-state index contributed by atoms with van der Waals surface area (Å²) in [4.78, 5) is 31.5. The van der Waals surface area contributed by atoms with Gasteiger partial charge >= 0.3 is 5.97 Å². The molecule has 4 nitrogen and oxygen atoms in total. The number of carbonyl (C=O) groups is 2. The molecule has 1 aliphatic carbocycles. The number of esters is 1. The molecule has 0 bridgehead atoms. The van der Waals surface area contributed by atoms with E-state index in [2.05, 4.69) is 43.3 Å². The lowest BCUT2D eigenvalue weighted by Gasteiger charge is -2.36. The van der Waals surface area contributed by atoms with E-state index in [9.17, 15) is 9.59 Å². The zero-order valence-corrected chi connectivity index (χ0v) is 19.1. The number of hydrogen-bond acceptors (Lipinski definition) is 4. The third-order valence-corrected chi connectivity index (χ3v) is 6.61. The highest BCUT2D eigenvalue weighted by Crippen LogP contribution is 2.46. The first-order chi connectivity index (χ1) is 15.5. The van der Waals surface area contributed by atoms with E-state index in [-0.39, 0.29) is 23.6 Å². The minimum absolute atomic E-state index is 0.0919. The first kappa shape index (κ1) is 22.2. The van der Waals surface area contributed by atoms with E-state index in [0.717, 1.165) is 35.4 Å². The van der Waals surface area contributed by atoms with Crippen LogP contribution in [0.3, 0.4) is 0 Å². The number of Topliss-reactive ketones (excluding diaryl/α,β-unsaturated/α-hetero) is 1. The van der Waals surface area contributed by atoms with Gasteiger partial charge in [0.2, 0.25) is 0 Å². The molecule has 2 aromatic carbocycles. The first-order valence-electron chi connectivity index (χ1n) is 11.6. The van der Waals surface area contributed by atoms with Crippen LogP contribution in [0.5, 0.6) is 0 Å². The van der Waals surface area contributed by atoms with Gasteiger partial charge in [0.15, 0.2) is 5.78 Å². The summed E-state index contributed by atoms with van der Waals surface area (Å²) in [7, 11) is 0. The SMILES string of the molecule is CCCOC(=O)C1C(C)=NC2=C(C(=O)C[C@H](c3ccccc3)C2)[C@@H]1c1ccc(CC)cc1. The number of rotatable bonds is 6. The van der Waals surface area contributed by atoms with Crippen molar-refractivity contribution in [3.63, 3.8) is 0 Å². The molecule has 4 heteroatoms. The molecule has 166 valence electrons. The van der Waals surface area contributed by atoms with Gasteiger partial charge in [-0.15, -0.1) is 0 Å². The van der Waals surface area contributed by atoms with Gasteiger partial charge in [-0.2, -0.15) is 0 Å². The Balaban J connectivity index is 1.77. The monoisotopic (exact) mass is 429 g/mol. The highest BCUT2D eigenvalue weighted by molar-refractivity contribution is 6.09. The van der Waals surface area contributed by atoms with Crippen molar-refractivity contribution in [3.05, 3.63) is 82.6 Å². The van der Waals surface area contributed by atoms with Crippen molar-refractivity contribution in [2.75, 3.05) is 6.61 Å². The molecule has 1 aliphatic heterocycles. The van der Waals surface area contributed by atoms with Crippen molar-refractivity contribution >= 4 is 17.5 Å². The fourth-order valence-electron chi connectivity index (χ4n) is 4.94. The van der Waals surface area contributed by atoms with Crippen LogP contribution in [-0.4, -0.2) is 24.1 Å². The van der Waals surface area contributed by atoms with Crippen molar-refractivity contribution in [3.8, 4) is 0 Å². The number of ketones is 1. The highest BCUT2D eigenvalue weighted by Gasteiger charge is 2.44. The van der Waals surface area contributed by atoms with Gasteiger partial charge in [-0.3, -0.25) is 14.6 Å². The van der Waals surface area contributed by atoms with Crippen molar-refractivity contribution in [2.24, 2.45) is 10.9 Å². The summed E-state index contributed by atoms with van der Waals surface area (Å²) in [6, 6.07) is 18.5. The van der Waals surface area contributed by atoms with Crippen LogP contribution in [0, 0.1) is 5.92 Å². The molecule has 3 atom stereocenters. The fraction of sp³-hybridized carbons (Fsp3) is 0.393. The number of benzene rings is 2. The molecule has 2 aromatic rings. The van der Waals surface area contributed by atoms with E-state index in [0.29, 0.717) is 25.0 Å². The Hall–Kier alpha value is -3.01. The topological polar surface area (TPSA) is 55.7 Å². The molecule has 2 aliphatic rings. The third kappa shape index (κ3) is 4.32. The summed E-state index contributed by atoms with van der Waals surface area (Å²) >= 11 is 0. The highest BCUT2D eigenvalue weighted by atomic mass is 16.5. The molecular weight excluding hydrogens is 398 g/mol. The number of carbonyl (C=O) groups excluding carboxylic acids is 2. The molecule has 1 unspecified atom stereocenters. The molecule has 0 spiro atoms. The van der Waals surface area contributed by atoms with Crippen molar-refractivity contribution < 1.29 is 14.3 Å². The van der Waals surface area contributed by atoms with Gasteiger partial charge < -0.3 is 4.74 Å². The van der Waals surface area contributed by atoms with Gasteiger partial charge in [-0.25, -0.2) is 0 Å². The van der Waals surface area contributed by atoms with Gasteiger partial charge in [0.25, 0.3) is 0 Å². The molecule has 0 amide bonds. The summed E-state index contributed by atoms with van der Waals surface area (Å²) in [5, 5.41) is 0. The first-order valence-corrected chi connectivity index (χ1v) is 11.6. The normalized spacial score (nSPS) is 22.9. The van der Waals surface area contributed by atoms with E-state index in [1.807, 2.05) is 32.0 Å². The second-order valence-electron chi connectivity index (χ2n) is 8.77. The summed E-state index contributed by atoms with van der Waals surface area (Å²) in [6.07, 6.45) is 2.86. The molecule has 32 heavy (non-hydrogen) atoms. The molecule has 0 fully saturated rings. The summed E-state index contributed by atoms with van der Waals surface area (Å²) in [6.45, 7) is 6.36. The largest absolute Gasteiger partial charge is 0.465 e. The van der Waals surface area contributed by atoms with E-state index >= 15 is 0 Å². The standard InChI is InChI=1S/C28H31NO3/c1-4-15-32-28(31)25-18(3)29-23-16-22(20-9-7-6-8-10-20)17-24(30)27(23)26(25)21-13-11-19(5-2)12-14-21/h6-14,22,25-26H,4-5,15-17H2,1-3H3/t22-,25?,26-/m1/s1. The Labute approximate surface area is 190 Å². The lowest BCUT2D eigenvalue weighted by atomic mass is 9.69. The summed E-state index contributed by atoms with van der Waals surface area (Å²) in [5.74, 6) is -0.992. The van der Waals surface area contributed by atoms with Crippen LogP contribution in [0.2, 0.25) is 0 Å². The van der Waals surface area contributed by atoms with Crippen molar-refractivity contribution in [2.45, 2.75) is 58.3 Å². The van der Waals surface area contributed by atoms with E-state index in [4.69, 9.17) is 9.73 Å². The van der Waals surface area contributed by atoms with Crippen molar-refractivity contribution in [1.82, 2.24) is 0 Å². The molecule has 0 saturated carbocycles. The third-order valence-electron chi connectivity index (χ3n) is 6.61. The maximum atomic E-state index is 13.5. The predicted octanol–water partition coefficient (Wildman–Crippen LogP) is 5.78. The average molecular weight is 430 g/mol. The average Bonchev–Trinajstić information content (AvgIpc) is 2.82. The van der Waals surface area contributed by atoms with Crippen LogP contribution in [0.25, 0.3) is 0 Å². The van der Waals surface area contributed by atoms with Crippen LogP contribution >= 0.6 is 0 Å². The Morgan fingerprint density at radius 1 is 1.00 bits per heavy atom. The van der Waals surface area contributed by atoms with E-state index < -0.39 is 5.92 Å². The number of nitrogens with zero attached hydrogens (tertiary/aromatic N) is 1. The second-order valence-corrected chi connectivity index (χ2v) is 8.77. The zero-order chi connectivity index (χ0) is 22.7. The van der Waals surface area contributed by atoms with Crippen LogP contribution in [0.4, 0.5) is 0 Å². The van der Waals surface area contributed by atoms with Gasteiger partial charge in [0, 0.05) is 29.3 Å². The van der Waals surface area contributed by atoms with E-state index in [1.54, 1.807) is 0 Å². The molecule has 1 heterocycles. The number of allylic oxidation sites excluding steroid dienone is 2. The Morgan fingerprint density at radius 2 is 1.72 bits per heavy atom. The lowest BCUT2D eigenvalue weighted by molar-refractivity contribution is -0.146. The molecular formula is C28H31NO3. The second kappa shape index (κ2) is 9.64. The number of aryl methyl sites for hydroxylation is 1. The van der Waals surface area contributed by atoms with Crippen LogP contribution < -0.4 is 0 Å². The predicted molar refractivity (Wildman–Crippen MR) is 127 cm³/mol. The van der Waals surface area contributed by atoms with Crippen LogP contribution in [-0.2, 0) is 20.7 Å². The van der Waals surface area contributed by atoms with Gasteiger partial charge in [0.05, 0.1) is 6.61 Å². The van der Waals surface area contributed by atoms with E-state index in [1.165, 1.54) is 5.56 Å². The number of ether oxygens (including phenoxy) is 1. The smallest absolute Gasteiger partial charge is 0.315 e. The number of hydrogen-bond donors (Lipinski definition) is 0. The van der Waals surface area contributed by atoms with Gasteiger partial charge in [-0.05, 0) is 48.8 Å². The lowest BCUT2D eigenvalue weighted by Crippen LogP contribution is -2.38. The van der Waals surface area contributed by atoms with Gasteiger partial charge in [0.1, 0.15) is 5.92 Å². The fourth-order valence-corrected chi connectivity index (χ4v) is 4.94. The minimum atomic E-state index is -0.565. The van der Waals surface area contributed by atoms with Crippen molar-refractivity contribution in [1.29, 1.82) is 0 Å². The quantitative estimate of drug-likeness (QED) is 0.547. The van der Waals surface area contributed by atoms with Crippen LogP contribution in [0.1, 0.15) is 68.6 Å². The Morgan fingerprint density at radius 3 is 2.38 bits per heavy atom. The zero-order valence-electron chi connectivity index (χ0n) is 19.1. The Kier molecular flexibility index (Phi) is 6.69. The molecule has 0 N–H and O–H groups in total. The Bertz CT molecular complexity index is 1050. The maximum absolute atomic E-state index is 13.5. The number of aliphatic imine (C=N–C) groups is 1. The minimum Gasteiger partial charge on any atom is -0.465 e. The molecule has 0 saturated heterocycles. The molecule has 0 radical (unpaired) electrons. The van der Waals surface area contributed by atoms with Gasteiger partial charge in [-0.1, -0.05) is 68.4 Å².